The minimum Gasteiger partial charge on any atom is -0.444 e. The molecule has 0 radical (unpaired) electrons. The molecule has 16 heteroatoms. The summed E-state index contributed by atoms with van der Waals surface area (Å²) >= 11 is 6.55. The summed E-state index contributed by atoms with van der Waals surface area (Å²) < 4.78 is 62.1. The Kier molecular flexibility index (Phi) is 8.35. The quantitative estimate of drug-likeness (QED) is 0.213. The maximum Gasteiger partial charge on any atom is 0.408 e. The SMILES string of the molecule is Cn1nc(NS(C)(=O)=O)c2c(Cl)ccc(-c3cc4c(nc3[C@H](Cc3cc(F)cc(F)c3)NC(=O)OC(C)(C)C)NCC(=O)N4)c21. The Hall–Kier alpha value is -4.50. The third-order valence-electron chi connectivity index (χ3n) is 6.64. The number of fused-ring (bicyclic) bond motifs is 2. The van der Waals surface area contributed by atoms with E-state index in [0.717, 1.165) is 24.5 Å². The molecule has 0 fully saturated rings. The van der Waals surface area contributed by atoms with Crippen LogP contribution >= 0.6 is 11.6 Å². The Bertz CT molecular complexity index is 1940. The fourth-order valence-electron chi connectivity index (χ4n) is 5.07. The van der Waals surface area contributed by atoms with Crippen LogP contribution in [-0.2, 0) is 33.0 Å². The molecule has 238 valence electrons. The van der Waals surface area contributed by atoms with Crippen molar-refractivity contribution in [3.63, 3.8) is 0 Å². The number of carbonyl (C=O) groups excluding carboxylic acids is 2. The van der Waals surface area contributed by atoms with Gasteiger partial charge in [0.1, 0.15) is 17.2 Å². The highest BCUT2D eigenvalue weighted by atomic mass is 35.5. The van der Waals surface area contributed by atoms with E-state index in [2.05, 4.69) is 25.8 Å². The van der Waals surface area contributed by atoms with Gasteiger partial charge in [-0.15, -0.1) is 0 Å². The van der Waals surface area contributed by atoms with Gasteiger partial charge < -0.3 is 20.7 Å². The Morgan fingerprint density at radius 2 is 1.84 bits per heavy atom. The smallest absolute Gasteiger partial charge is 0.408 e. The first-order chi connectivity index (χ1) is 21.0. The fourth-order valence-corrected chi connectivity index (χ4v) is 5.81. The molecule has 2 amide bonds. The zero-order valence-corrected chi connectivity index (χ0v) is 26.5. The van der Waals surface area contributed by atoms with Crippen LogP contribution in [0.2, 0.25) is 5.02 Å². The minimum absolute atomic E-state index is 0.0112. The van der Waals surface area contributed by atoms with Gasteiger partial charge in [-0.1, -0.05) is 17.7 Å². The maximum atomic E-state index is 14.3. The van der Waals surface area contributed by atoms with Gasteiger partial charge in [-0.2, -0.15) is 5.10 Å². The Morgan fingerprint density at radius 3 is 2.49 bits per heavy atom. The van der Waals surface area contributed by atoms with Gasteiger partial charge in [-0.25, -0.2) is 27.0 Å². The number of hydrogen-bond donors (Lipinski definition) is 4. The van der Waals surface area contributed by atoms with Crippen molar-refractivity contribution in [1.82, 2.24) is 20.1 Å². The third kappa shape index (κ3) is 7.26. The van der Waals surface area contributed by atoms with Crippen LogP contribution in [0.3, 0.4) is 0 Å². The molecule has 0 saturated carbocycles. The molecule has 1 atom stereocenters. The van der Waals surface area contributed by atoms with Crippen molar-refractivity contribution in [2.45, 2.75) is 38.8 Å². The molecule has 1 aliphatic heterocycles. The number of carbonyl (C=O) groups is 2. The van der Waals surface area contributed by atoms with E-state index in [-0.39, 0.29) is 46.4 Å². The molecule has 0 unspecified atom stereocenters. The predicted octanol–water partition coefficient (Wildman–Crippen LogP) is 5.11. The molecule has 2 aromatic heterocycles. The molecular formula is C29H30ClF2N7O5S. The predicted molar refractivity (Wildman–Crippen MR) is 167 cm³/mol. The topological polar surface area (TPSA) is 156 Å². The van der Waals surface area contributed by atoms with Gasteiger partial charge in [0.15, 0.2) is 11.6 Å². The van der Waals surface area contributed by atoms with Crippen molar-refractivity contribution in [3.8, 4) is 11.1 Å². The van der Waals surface area contributed by atoms with Gasteiger partial charge in [0.2, 0.25) is 15.9 Å². The van der Waals surface area contributed by atoms with Crippen molar-refractivity contribution in [2.75, 3.05) is 28.2 Å². The lowest BCUT2D eigenvalue weighted by Crippen LogP contribution is -2.36. The number of ether oxygens (including phenoxy) is 1. The number of hydrogen-bond acceptors (Lipinski definition) is 8. The Balaban J connectivity index is 1.76. The maximum absolute atomic E-state index is 14.3. The molecule has 0 bridgehead atoms. The third-order valence-corrected chi connectivity index (χ3v) is 7.51. The van der Waals surface area contributed by atoms with Crippen molar-refractivity contribution >= 4 is 61.9 Å². The number of aromatic nitrogens is 3. The molecule has 0 aliphatic carbocycles. The van der Waals surface area contributed by atoms with Crippen molar-refractivity contribution in [2.24, 2.45) is 7.05 Å². The van der Waals surface area contributed by atoms with Gasteiger partial charge in [0.25, 0.3) is 0 Å². The number of rotatable bonds is 7. The summed E-state index contributed by atoms with van der Waals surface area (Å²) in [7, 11) is -2.14. The van der Waals surface area contributed by atoms with Gasteiger partial charge in [0, 0.05) is 24.2 Å². The summed E-state index contributed by atoms with van der Waals surface area (Å²) in [6.45, 7) is 5.00. The average Bonchev–Trinajstić information content (AvgIpc) is 3.21. The van der Waals surface area contributed by atoms with Crippen LogP contribution in [0, 0.1) is 11.6 Å². The summed E-state index contributed by atoms with van der Waals surface area (Å²) in [6, 6.07) is 6.86. The van der Waals surface area contributed by atoms with Crippen LogP contribution in [0.25, 0.3) is 22.0 Å². The number of nitrogens with one attached hydrogen (secondary N) is 4. The number of anilines is 3. The number of alkyl carbamates (subject to hydrolysis) is 1. The summed E-state index contributed by atoms with van der Waals surface area (Å²) in [5.41, 5.74) is 1.18. The normalized spacial score (nSPS) is 13.9. The van der Waals surface area contributed by atoms with Crippen molar-refractivity contribution in [1.29, 1.82) is 0 Å². The first kappa shape index (κ1) is 31.9. The number of amides is 2. The van der Waals surface area contributed by atoms with E-state index in [0.29, 0.717) is 28.1 Å². The summed E-state index contributed by atoms with van der Waals surface area (Å²) in [5.74, 6) is -1.64. The number of pyridine rings is 1. The van der Waals surface area contributed by atoms with E-state index in [9.17, 15) is 26.8 Å². The summed E-state index contributed by atoms with van der Waals surface area (Å²) in [4.78, 5) is 30.2. The summed E-state index contributed by atoms with van der Waals surface area (Å²) in [6.07, 6.45) is 0.0639. The van der Waals surface area contributed by atoms with Crippen LogP contribution in [0.4, 0.5) is 30.9 Å². The van der Waals surface area contributed by atoms with Gasteiger partial charge in [-0.05, 0) is 57.0 Å². The molecule has 0 saturated heterocycles. The lowest BCUT2D eigenvalue weighted by Gasteiger charge is -2.27. The molecule has 4 N–H and O–H groups in total. The summed E-state index contributed by atoms with van der Waals surface area (Å²) in [5, 5.41) is 13.3. The van der Waals surface area contributed by atoms with E-state index in [4.69, 9.17) is 21.3 Å². The molecule has 2 aromatic carbocycles. The van der Waals surface area contributed by atoms with E-state index in [1.807, 2.05) is 0 Å². The average molecular weight is 662 g/mol. The van der Waals surface area contributed by atoms with E-state index < -0.39 is 39.4 Å². The zero-order chi connectivity index (χ0) is 32.8. The Labute approximate surface area is 262 Å². The molecule has 1 aliphatic rings. The van der Waals surface area contributed by atoms with Gasteiger partial charge in [-0.3, -0.25) is 14.2 Å². The molecule has 3 heterocycles. The number of nitrogens with zero attached hydrogens (tertiary/aromatic N) is 3. The number of halogens is 3. The van der Waals surface area contributed by atoms with Crippen molar-refractivity contribution in [3.05, 3.63) is 64.3 Å². The van der Waals surface area contributed by atoms with E-state index in [1.54, 1.807) is 46.0 Å². The van der Waals surface area contributed by atoms with Crippen molar-refractivity contribution < 1.29 is 31.5 Å². The van der Waals surface area contributed by atoms with Crippen LogP contribution < -0.4 is 20.7 Å². The van der Waals surface area contributed by atoms with E-state index in [1.165, 1.54) is 4.68 Å². The molecule has 45 heavy (non-hydrogen) atoms. The van der Waals surface area contributed by atoms with Crippen LogP contribution in [0.1, 0.15) is 38.1 Å². The largest absolute Gasteiger partial charge is 0.444 e. The molecular weight excluding hydrogens is 632 g/mol. The first-order valence-corrected chi connectivity index (χ1v) is 15.9. The zero-order valence-electron chi connectivity index (χ0n) is 24.9. The number of benzene rings is 2. The van der Waals surface area contributed by atoms with Crippen LogP contribution in [-0.4, -0.2) is 53.6 Å². The monoisotopic (exact) mass is 661 g/mol. The second-order valence-corrected chi connectivity index (χ2v) is 13.7. The van der Waals surface area contributed by atoms with E-state index >= 15 is 0 Å². The lowest BCUT2D eigenvalue weighted by atomic mass is 9.93. The molecule has 0 spiro atoms. The number of aryl methyl sites for hydroxylation is 1. The lowest BCUT2D eigenvalue weighted by molar-refractivity contribution is -0.114. The second-order valence-electron chi connectivity index (χ2n) is 11.6. The highest BCUT2D eigenvalue weighted by molar-refractivity contribution is 7.92. The standard InChI is InChI=1S/C29H30ClF2N7O5S/c1-29(2,3)44-28(41)35-20(10-14-8-15(31)11-16(32)9-14)24-18(12-21-26(36-24)33-13-22(40)34-21)17-6-7-19(30)23-25(17)39(4)37-27(23)38-45(5,42)43/h6-9,11-12,20H,10,13H2,1-5H3,(H,33,36)(H,34,40)(H,35,41)(H,37,38)/t20-/m0/s1. The highest BCUT2D eigenvalue weighted by Gasteiger charge is 2.29. The molecule has 12 nitrogen and oxygen atoms in total. The second kappa shape index (κ2) is 11.8. The fraction of sp³-hybridized carbons (Fsp3) is 0.310. The van der Waals surface area contributed by atoms with Gasteiger partial charge >= 0.3 is 6.09 Å². The number of sulfonamides is 1. The molecule has 4 aromatic rings. The van der Waals surface area contributed by atoms with Gasteiger partial charge in [0.05, 0.1) is 46.1 Å². The van der Waals surface area contributed by atoms with Crippen LogP contribution in [0.5, 0.6) is 0 Å². The minimum atomic E-state index is -3.73. The Morgan fingerprint density at radius 1 is 1.16 bits per heavy atom. The highest BCUT2D eigenvalue weighted by Crippen LogP contribution is 2.42. The van der Waals surface area contributed by atoms with Crippen LogP contribution in [0.15, 0.2) is 36.4 Å². The molecule has 5 rings (SSSR count). The first-order valence-electron chi connectivity index (χ1n) is 13.6.